The monoisotopic (exact) mass is 284 g/mol. The third-order valence-corrected chi connectivity index (χ3v) is 3.42. The predicted octanol–water partition coefficient (Wildman–Crippen LogP) is 2.21. The summed E-state index contributed by atoms with van der Waals surface area (Å²) in [5.41, 5.74) is 6.77. The average Bonchev–Trinajstić information content (AvgIpc) is 2.50. The summed E-state index contributed by atoms with van der Waals surface area (Å²) < 4.78 is 6.81. The lowest BCUT2D eigenvalue weighted by molar-refractivity contribution is 0.313. The van der Waals surface area contributed by atoms with Crippen LogP contribution in [0.5, 0.6) is 5.75 Å². The Morgan fingerprint density at radius 3 is 3.19 bits per heavy atom. The maximum Gasteiger partial charge on any atom is 0.138 e. The summed E-state index contributed by atoms with van der Waals surface area (Å²) >= 11 is 3.53. The Kier molecular flexibility index (Phi) is 4.21. The highest BCUT2D eigenvalue weighted by Gasteiger charge is 2.20. The van der Waals surface area contributed by atoms with Gasteiger partial charge in [0, 0.05) is 24.7 Å². The molecule has 0 spiro atoms. The molecule has 3 nitrogen and oxygen atoms in total. The van der Waals surface area contributed by atoms with Crippen molar-refractivity contribution in [2.24, 2.45) is 5.73 Å². The van der Waals surface area contributed by atoms with Crippen LogP contribution in [0, 0.1) is 0 Å². The highest BCUT2D eigenvalue weighted by molar-refractivity contribution is 9.10. The van der Waals surface area contributed by atoms with Gasteiger partial charge in [-0.3, -0.25) is 0 Å². The number of fused-ring (bicyclic) bond motifs is 1. The molecule has 0 aromatic heterocycles. The standard InChI is InChI=1S/C12H17BrN2O/c13-10-4-1-3-9-11(15-7-6-14)5-2-8-16-12(9)10/h1,3-4,11,15H,2,5-8,14H2. The lowest BCUT2D eigenvalue weighted by atomic mass is 10.0. The molecule has 1 aromatic rings. The first-order chi connectivity index (χ1) is 7.83. The number of ether oxygens (including phenoxy) is 1. The van der Waals surface area contributed by atoms with E-state index in [1.165, 1.54) is 5.56 Å². The number of para-hydroxylation sites is 1. The van der Waals surface area contributed by atoms with E-state index in [9.17, 15) is 0 Å². The molecule has 0 radical (unpaired) electrons. The first-order valence-electron chi connectivity index (χ1n) is 5.67. The number of halogens is 1. The number of benzene rings is 1. The topological polar surface area (TPSA) is 47.3 Å². The van der Waals surface area contributed by atoms with Crippen molar-refractivity contribution < 1.29 is 4.74 Å². The molecule has 1 unspecified atom stereocenters. The van der Waals surface area contributed by atoms with Gasteiger partial charge in [-0.05, 0) is 34.8 Å². The summed E-state index contributed by atoms with van der Waals surface area (Å²) in [6.45, 7) is 2.30. The molecule has 1 aliphatic rings. The first kappa shape index (κ1) is 11.9. The quantitative estimate of drug-likeness (QED) is 0.895. The van der Waals surface area contributed by atoms with Crippen molar-refractivity contribution in [2.45, 2.75) is 18.9 Å². The van der Waals surface area contributed by atoms with Gasteiger partial charge >= 0.3 is 0 Å². The lowest BCUT2D eigenvalue weighted by Gasteiger charge is -2.18. The molecule has 88 valence electrons. The minimum absolute atomic E-state index is 0.360. The molecule has 0 aliphatic carbocycles. The van der Waals surface area contributed by atoms with Crippen LogP contribution in [0.3, 0.4) is 0 Å². The molecule has 16 heavy (non-hydrogen) atoms. The molecule has 0 amide bonds. The molecule has 1 aromatic carbocycles. The van der Waals surface area contributed by atoms with Crippen molar-refractivity contribution in [3.63, 3.8) is 0 Å². The Morgan fingerprint density at radius 1 is 1.50 bits per heavy atom. The van der Waals surface area contributed by atoms with Gasteiger partial charge in [0.25, 0.3) is 0 Å². The third kappa shape index (κ3) is 2.56. The molecular weight excluding hydrogens is 268 g/mol. The van der Waals surface area contributed by atoms with E-state index < -0.39 is 0 Å². The third-order valence-electron chi connectivity index (χ3n) is 2.79. The normalized spacial score (nSPS) is 19.8. The second-order valence-corrected chi connectivity index (χ2v) is 4.80. The Balaban J connectivity index is 2.26. The molecule has 2 rings (SSSR count). The van der Waals surface area contributed by atoms with Gasteiger partial charge in [0.2, 0.25) is 0 Å². The fourth-order valence-corrected chi connectivity index (χ4v) is 2.53. The summed E-state index contributed by atoms with van der Waals surface area (Å²) in [4.78, 5) is 0. The van der Waals surface area contributed by atoms with Gasteiger partial charge in [-0.2, -0.15) is 0 Å². The Labute approximate surface area is 104 Å². The number of hydrogen-bond donors (Lipinski definition) is 2. The Morgan fingerprint density at radius 2 is 2.38 bits per heavy atom. The fourth-order valence-electron chi connectivity index (χ4n) is 2.04. The first-order valence-corrected chi connectivity index (χ1v) is 6.47. The van der Waals surface area contributed by atoms with Crippen molar-refractivity contribution >= 4 is 15.9 Å². The molecule has 0 saturated heterocycles. The van der Waals surface area contributed by atoms with Crippen molar-refractivity contribution in [3.8, 4) is 5.75 Å². The van der Waals surface area contributed by atoms with Gasteiger partial charge in [0.1, 0.15) is 5.75 Å². The zero-order chi connectivity index (χ0) is 11.4. The highest BCUT2D eigenvalue weighted by Crippen LogP contribution is 2.36. The molecule has 0 saturated carbocycles. The summed E-state index contributed by atoms with van der Waals surface area (Å²) in [6.07, 6.45) is 2.17. The van der Waals surface area contributed by atoms with Crippen LogP contribution < -0.4 is 15.8 Å². The molecule has 1 aliphatic heterocycles. The largest absolute Gasteiger partial charge is 0.492 e. The summed E-state index contributed by atoms with van der Waals surface area (Å²) in [5, 5.41) is 3.47. The number of nitrogens with two attached hydrogens (primary N) is 1. The average molecular weight is 285 g/mol. The summed E-state index contributed by atoms with van der Waals surface area (Å²) in [7, 11) is 0. The maximum absolute atomic E-state index is 5.77. The number of nitrogens with one attached hydrogen (secondary N) is 1. The zero-order valence-corrected chi connectivity index (χ0v) is 10.8. The van der Waals surface area contributed by atoms with Gasteiger partial charge in [0.15, 0.2) is 0 Å². The van der Waals surface area contributed by atoms with Crippen LogP contribution in [0.25, 0.3) is 0 Å². The second kappa shape index (κ2) is 5.66. The molecule has 0 fully saturated rings. The van der Waals surface area contributed by atoms with Crippen LogP contribution in [-0.4, -0.2) is 19.7 Å². The van der Waals surface area contributed by atoms with Gasteiger partial charge in [-0.1, -0.05) is 12.1 Å². The molecule has 3 N–H and O–H groups in total. The highest BCUT2D eigenvalue weighted by atomic mass is 79.9. The van der Waals surface area contributed by atoms with Crippen molar-refractivity contribution in [1.29, 1.82) is 0 Å². The zero-order valence-electron chi connectivity index (χ0n) is 9.21. The summed E-state index contributed by atoms with van der Waals surface area (Å²) in [6, 6.07) is 6.55. The molecule has 0 bridgehead atoms. The van der Waals surface area contributed by atoms with E-state index >= 15 is 0 Å². The number of rotatable bonds is 3. The molecule has 1 atom stereocenters. The smallest absolute Gasteiger partial charge is 0.138 e. The number of hydrogen-bond acceptors (Lipinski definition) is 3. The van der Waals surface area contributed by atoms with E-state index in [1.54, 1.807) is 0 Å². The predicted molar refractivity (Wildman–Crippen MR) is 68.7 cm³/mol. The van der Waals surface area contributed by atoms with Gasteiger partial charge in [-0.15, -0.1) is 0 Å². The van der Waals surface area contributed by atoms with E-state index in [2.05, 4.69) is 33.4 Å². The van der Waals surface area contributed by atoms with Crippen LogP contribution in [0.15, 0.2) is 22.7 Å². The van der Waals surface area contributed by atoms with E-state index in [0.717, 1.165) is 36.2 Å². The van der Waals surface area contributed by atoms with Crippen LogP contribution in [0.4, 0.5) is 0 Å². The van der Waals surface area contributed by atoms with E-state index in [-0.39, 0.29) is 0 Å². The molecule has 4 heteroatoms. The van der Waals surface area contributed by atoms with Crippen LogP contribution in [0.2, 0.25) is 0 Å². The van der Waals surface area contributed by atoms with E-state index in [4.69, 9.17) is 10.5 Å². The Hall–Kier alpha value is -0.580. The SMILES string of the molecule is NCCNC1CCCOc2c(Br)cccc21. The van der Waals surface area contributed by atoms with Crippen LogP contribution in [0.1, 0.15) is 24.4 Å². The second-order valence-electron chi connectivity index (χ2n) is 3.94. The molecular formula is C12H17BrN2O. The van der Waals surface area contributed by atoms with E-state index in [1.807, 2.05) is 6.07 Å². The molecule has 1 heterocycles. The fraction of sp³-hybridized carbons (Fsp3) is 0.500. The van der Waals surface area contributed by atoms with E-state index in [0.29, 0.717) is 12.6 Å². The summed E-state index contributed by atoms with van der Waals surface area (Å²) in [5.74, 6) is 0.981. The maximum atomic E-state index is 5.77. The van der Waals surface area contributed by atoms with Gasteiger partial charge < -0.3 is 15.8 Å². The lowest BCUT2D eigenvalue weighted by Crippen LogP contribution is -2.27. The van der Waals surface area contributed by atoms with Crippen molar-refractivity contribution in [1.82, 2.24) is 5.32 Å². The van der Waals surface area contributed by atoms with Crippen molar-refractivity contribution in [2.75, 3.05) is 19.7 Å². The van der Waals surface area contributed by atoms with Crippen molar-refractivity contribution in [3.05, 3.63) is 28.2 Å². The minimum atomic E-state index is 0.360. The van der Waals surface area contributed by atoms with Gasteiger partial charge in [0.05, 0.1) is 11.1 Å². The Bertz CT molecular complexity index is 357. The van der Waals surface area contributed by atoms with Crippen LogP contribution >= 0.6 is 15.9 Å². The van der Waals surface area contributed by atoms with Gasteiger partial charge in [-0.25, -0.2) is 0 Å². The van der Waals surface area contributed by atoms with Crippen LogP contribution in [-0.2, 0) is 0 Å². The minimum Gasteiger partial charge on any atom is -0.492 e.